The fourth-order valence-electron chi connectivity index (χ4n) is 5.12. The fourth-order valence-corrected chi connectivity index (χ4v) is 5.12. The number of ether oxygens (including phenoxy) is 2. The molecule has 5 rings (SSSR count). The molecule has 4 N–H and O–H groups in total. The van der Waals surface area contributed by atoms with Gasteiger partial charge >= 0.3 is 5.97 Å². The maximum atomic E-state index is 13.7. The first-order valence-electron chi connectivity index (χ1n) is 12.3. The van der Waals surface area contributed by atoms with E-state index >= 15 is 0 Å². The molecule has 1 aromatic heterocycles. The molecule has 11 nitrogen and oxygen atoms in total. The molecule has 2 aromatic carbocycles. The number of hydroxylamine groups is 1. The average Bonchev–Trinajstić information content (AvgIpc) is 3.64. The van der Waals surface area contributed by atoms with Crippen molar-refractivity contribution in [2.45, 2.75) is 37.8 Å². The monoisotopic (exact) mass is 520 g/mol. The van der Waals surface area contributed by atoms with Crippen LogP contribution in [0.25, 0.3) is 10.9 Å². The van der Waals surface area contributed by atoms with Crippen molar-refractivity contribution < 1.29 is 33.5 Å². The van der Waals surface area contributed by atoms with Gasteiger partial charge in [-0.25, -0.2) is 4.79 Å². The van der Waals surface area contributed by atoms with Gasteiger partial charge in [-0.1, -0.05) is 24.3 Å². The molecule has 3 heterocycles. The van der Waals surface area contributed by atoms with Crippen molar-refractivity contribution in [2.75, 3.05) is 13.7 Å². The lowest BCUT2D eigenvalue weighted by atomic mass is 9.80. The smallest absolute Gasteiger partial charge is 0.361 e. The Kier molecular flexibility index (Phi) is 6.66. The van der Waals surface area contributed by atoms with E-state index in [2.05, 4.69) is 21.1 Å². The minimum Gasteiger partial charge on any atom is -0.496 e. The lowest BCUT2D eigenvalue weighted by Crippen LogP contribution is -2.65. The number of hydrogen-bond acceptors (Lipinski definition) is 7. The van der Waals surface area contributed by atoms with E-state index in [4.69, 9.17) is 14.3 Å². The lowest BCUT2D eigenvalue weighted by molar-refractivity contribution is -0.168. The quantitative estimate of drug-likeness (QED) is 0.347. The highest BCUT2D eigenvalue weighted by Gasteiger charge is 2.55. The minimum atomic E-state index is -1.81. The van der Waals surface area contributed by atoms with Crippen LogP contribution in [0.5, 0.6) is 11.5 Å². The maximum absolute atomic E-state index is 13.7. The third kappa shape index (κ3) is 4.62. The molecule has 1 saturated heterocycles. The van der Waals surface area contributed by atoms with Gasteiger partial charge in [-0.05, 0) is 42.7 Å². The van der Waals surface area contributed by atoms with Crippen LogP contribution in [0.4, 0.5) is 0 Å². The van der Waals surface area contributed by atoms with Gasteiger partial charge in [0.25, 0.3) is 5.91 Å². The van der Waals surface area contributed by atoms with Gasteiger partial charge in [-0.2, -0.15) is 5.48 Å². The molecule has 198 valence electrons. The van der Waals surface area contributed by atoms with Crippen molar-refractivity contribution in [1.29, 1.82) is 0 Å². The van der Waals surface area contributed by atoms with E-state index in [1.54, 1.807) is 36.4 Å². The van der Waals surface area contributed by atoms with Crippen molar-refractivity contribution in [3.63, 3.8) is 0 Å². The summed E-state index contributed by atoms with van der Waals surface area (Å²) < 4.78 is 11.6. The summed E-state index contributed by atoms with van der Waals surface area (Å²) in [5.74, 6) is -1.83. The van der Waals surface area contributed by atoms with Gasteiger partial charge in [0.05, 0.1) is 7.11 Å². The van der Waals surface area contributed by atoms with Gasteiger partial charge < -0.3 is 29.9 Å². The third-order valence-corrected chi connectivity index (χ3v) is 7.00. The number of carbonyl (C=O) groups is 4. The van der Waals surface area contributed by atoms with Crippen molar-refractivity contribution in [2.24, 2.45) is 5.92 Å². The van der Waals surface area contributed by atoms with E-state index in [-0.39, 0.29) is 24.4 Å². The molecule has 1 fully saturated rings. The summed E-state index contributed by atoms with van der Waals surface area (Å²) in [6, 6.07) is 14.3. The van der Waals surface area contributed by atoms with Crippen LogP contribution in [0, 0.1) is 5.92 Å². The van der Waals surface area contributed by atoms with Crippen LogP contribution in [-0.4, -0.2) is 54.0 Å². The fraction of sp³-hybridized carbons (Fsp3) is 0.333. The highest BCUT2D eigenvalue weighted by molar-refractivity contribution is 6.02. The Balaban J connectivity index is 1.55. The number of para-hydroxylation sites is 1. The molecule has 0 radical (unpaired) electrons. The van der Waals surface area contributed by atoms with Crippen LogP contribution in [0.1, 0.15) is 35.8 Å². The maximum Gasteiger partial charge on any atom is 0.361 e. The number of hydrogen-bond donors (Lipinski definition) is 4. The van der Waals surface area contributed by atoms with Gasteiger partial charge in [0.1, 0.15) is 23.3 Å². The number of methoxy groups -OCH3 is 1. The Labute approximate surface area is 218 Å². The van der Waals surface area contributed by atoms with E-state index in [0.29, 0.717) is 35.4 Å². The molecule has 3 aromatic rings. The Morgan fingerprint density at radius 1 is 1.16 bits per heavy atom. The summed E-state index contributed by atoms with van der Waals surface area (Å²) >= 11 is 0. The summed E-state index contributed by atoms with van der Waals surface area (Å²) in [5, 5.41) is 6.31. The standard InChI is InChI=1S/C27H28N4O7/c1-15(32)31-38-26(35)27(14-17-10-11-28-24(17)33,23-12-16-6-3-4-8-21(16)37-23)30-25(34)20-13-18-19(29-20)7-5-9-22(18)36-2/h3-9,13,17,23,29H,10-12,14H2,1-2H3,(H,28,33)(H,30,34)(H,31,32). The van der Waals surface area contributed by atoms with Crippen molar-refractivity contribution >= 4 is 34.6 Å². The van der Waals surface area contributed by atoms with Gasteiger partial charge in [0, 0.05) is 36.7 Å². The molecule has 2 aliphatic heterocycles. The van der Waals surface area contributed by atoms with E-state index in [1.807, 2.05) is 12.1 Å². The molecule has 3 amide bonds. The predicted molar refractivity (Wildman–Crippen MR) is 135 cm³/mol. The van der Waals surface area contributed by atoms with E-state index < -0.39 is 35.3 Å². The Bertz CT molecular complexity index is 1390. The summed E-state index contributed by atoms with van der Waals surface area (Å²) in [6.07, 6.45) is -0.254. The van der Waals surface area contributed by atoms with Crippen LogP contribution >= 0.6 is 0 Å². The van der Waals surface area contributed by atoms with E-state index in [0.717, 1.165) is 5.56 Å². The second-order valence-electron chi connectivity index (χ2n) is 9.48. The summed E-state index contributed by atoms with van der Waals surface area (Å²) in [4.78, 5) is 59.9. The van der Waals surface area contributed by atoms with Crippen LogP contribution in [0.3, 0.4) is 0 Å². The van der Waals surface area contributed by atoms with Gasteiger partial charge in [0.15, 0.2) is 5.54 Å². The predicted octanol–water partition coefficient (Wildman–Crippen LogP) is 1.77. The number of carbonyl (C=O) groups excluding carboxylic acids is 4. The number of aromatic nitrogens is 1. The molecule has 0 bridgehead atoms. The number of rotatable bonds is 7. The number of fused-ring (bicyclic) bond motifs is 2. The summed E-state index contributed by atoms with van der Waals surface area (Å²) in [7, 11) is 1.53. The van der Waals surface area contributed by atoms with Gasteiger partial charge in [-0.15, -0.1) is 0 Å². The molecule has 3 atom stereocenters. The zero-order valence-electron chi connectivity index (χ0n) is 21.0. The molecule has 0 aliphatic carbocycles. The number of aromatic amines is 1. The third-order valence-electron chi connectivity index (χ3n) is 7.00. The van der Waals surface area contributed by atoms with Crippen molar-refractivity contribution in [3.05, 3.63) is 59.8 Å². The summed E-state index contributed by atoms with van der Waals surface area (Å²) in [6.45, 7) is 1.64. The number of amides is 3. The van der Waals surface area contributed by atoms with Crippen LogP contribution in [-0.2, 0) is 25.6 Å². The second-order valence-corrected chi connectivity index (χ2v) is 9.48. The lowest BCUT2D eigenvalue weighted by Gasteiger charge is -2.37. The average molecular weight is 521 g/mol. The van der Waals surface area contributed by atoms with Gasteiger partial charge in [-0.3, -0.25) is 14.4 Å². The largest absolute Gasteiger partial charge is 0.496 e. The zero-order chi connectivity index (χ0) is 26.9. The molecule has 2 aliphatic rings. The number of H-pyrrole nitrogens is 1. The molecule has 0 spiro atoms. The highest BCUT2D eigenvalue weighted by atomic mass is 16.7. The van der Waals surface area contributed by atoms with Crippen LogP contribution in [0.2, 0.25) is 0 Å². The topological polar surface area (TPSA) is 148 Å². The number of benzene rings is 2. The normalized spacial score (nSPS) is 19.6. The molecule has 3 unspecified atom stereocenters. The first kappa shape index (κ1) is 25.1. The first-order valence-corrected chi connectivity index (χ1v) is 12.3. The first-order chi connectivity index (χ1) is 18.3. The summed E-state index contributed by atoms with van der Waals surface area (Å²) in [5.41, 5.74) is 1.93. The Morgan fingerprint density at radius 3 is 2.68 bits per heavy atom. The molecule has 38 heavy (non-hydrogen) atoms. The van der Waals surface area contributed by atoms with E-state index in [9.17, 15) is 19.2 Å². The van der Waals surface area contributed by atoms with Crippen molar-refractivity contribution in [1.82, 2.24) is 21.1 Å². The second kappa shape index (κ2) is 10.1. The Morgan fingerprint density at radius 2 is 1.97 bits per heavy atom. The van der Waals surface area contributed by atoms with Crippen LogP contribution in [0.15, 0.2) is 48.5 Å². The van der Waals surface area contributed by atoms with Gasteiger partial charge in [0.2, 0.25) is 11.8 Å². The highest BCUT2D eigenvalue weighted by Crippen LogP contribution is 2.38. The molecular weight excluding hydrogens is 492 g/mol. The molecule has 0 saturated carbocycles. The minimum absolute atomic E-state index is 0.0921. The van der Waals surface area contributed by atoms with E-state index in [1.165, 1.54) is 14.0 Å². The molecular formula is C27H28N4O7. The SMILES string of the molecule is COc1cccc2[nH]c(C(=O)NC(CC3CCNC3=O)(C(=O)ONC(C)=O)C3Cc4ccccc4O3)cc12. The number of nitrogens with one attached hydrogen (secondary N) is 4. The molecule has 11 heteroatoms. The Hall–Kier alpha value is -4.54. The van der Waals surface area contributed by atoms with Crippen LogP contribution < -0.4 is 25.6 Å². The zero-order valence-corrected chi connectivity index (χ0v) is 21.0. The van der Waals surface area contributed by atoms with Crippen molar-refractivity contribution in [3.8, 4) is 11.5 Å².